The van der Waals surface area contributed by atoms with Gasteiger partial charge in [-0.05, 0) is 78.0 Å². The van der Waals surface area contributed by atoms with E-state index in [1.807, 2.05) is 23.4 Å². The molecule has 6 heteroatoms. The number of anilines is 1. The number of hydrogen-bond donors (Lipinski definition) is 1. The molecule has 2 aromatic carbocycles. The molecule has 3 heterocycles. The fourth-order valence-corrected chi connectivity index (χ4v) is 6.12. The summed E-state index contributed by atoms with van der Waals surface area (Å²) in [6.45, 7) is 5.49. The van der Waals surface area contributed by atoms with Gasteiger partial charge in [0.2, 0.25) is 5.91 Å². The Balaban J connectivity index is 1.37. The molecule has 1 aliphatic heterocycles. The molecule has 2 unspecified atom stereocenters. The predicted molar refractivity (Wildman–Crippen MR) is 157 cm³/mol. The average molecular weight is 518 g/mol. The van der Waals surface area contributed by atoms with Crippen molar-refractivity contribution in [2.75, 3.05) is 18.4 Å². The molecule has 0 radical (unpaired) electrons. The largest absolute Gasteiger partial charge is 0.378 e. The molecule has 1 fully saturated rings. The highest BCUT2D eigenvalue weighted by atomic mass is 16.2. The van der Waals surface area contributed by atoms with Crippen LogP contribution in [0.4, 0.5) is 5.69 Å². The number of rotatable bonds is 6. The number of benzene rings is 2. The molecule has 0 spiro atoms. The molecule has 0 saturated carbocycles. The van der Waals surface area contributed by atoms with Gasteiger partial charge in [0.1, 0.15) is 0 Å². The molecule has 0 bridgehead atoms. The Morgan fingerprint density at radius 3 is 2.69 bits per heavy atom. The van der Waals surface area contributed by atoms with Crippen molar-refractivity contribution in [3.05, 3.63) is 90.0 Å². The first-order valence-corrected chi connectivity index (χ1v) is 14.1. The molecule has 39 heavy (non-hydrogen) atoms. The lowest BCUT2D eigenvalue weighted by atomic mass is 9.85. The number of likely N-dealkylation sites (tertiary alicyclic amines) is 1. The first-order chi connectivity index (χ1) is 19.1. The maximum Gasteiger partial charge on any atom is 0.219 e. The molecule has 1 saturated heterocycles. The van der Waals surface area contributed by atoms with E-state index in [2.05, 4.69) is 65.8 Å². The lowest BCUT2D eigenvalue weighted by Crippen LogP contribution is -2.39. The summed E-state index contributed by atoms with van der Waals surface area (Å²) in [5, 5.41) is 3.87. The van der Waals surface area contributed by atoms with E-state index in [0.717, 1.165) is 66.6 Å². The van der Waals surface area contributed by atoms with Crippen LogP contribution in [-0.4, -0.2) is 38.8 Å². The molecule has 6 rings (SSSR count). The van der Waals surface area contributed by atoms with Crippen molar-refractivity contribution in [2.45, 2.75) is 45.6 Å². The predicted octanol–water partition coefficient (Wildman–Crippen LogP) is 6.70. The van der Waals surface area contributed by atoms with Gasteiger partial charge in [0, 0.05) is 56.1 Å². The van der Waals surface area contributed by atoms with Crippen molar-refractivity contribution in [2.24, 2.45) is 11.8 Å². The highest BCUT2D eigenvalue weighted by Crippen LogP contribution is 2.37. The maximum atomic E-state index is 11.9. The molecular weight excluding hydrogens is 482 g/mol. The van der Waals surface area contributed by atoms with Crippen molar-refractivity contribution >= 4 is 28.7 Å². The minimum Gasteiger partial charge on any atom is -0.378 e. The Labute approximate surface area is 230 Å². The van der Waals surface area contributed by atoms with Crippen LogP contribution in [0.1, 0.15) is 55.8 Å². The van der Waals surface area contributed by atoms with Crippen LogP contribution in [0, 0.1) is 11.8 Å². The number of aromatic nitrogens is 3. The van der Waals surface area contributed by atoms with Gasteiger partial charge in [-0.2, -0.15) is 0 Å². The third-order valence-electron chi connectivity index (χ3n) is 8.40. The SMILES string of the molecule is CCC1C=Cc2ccc(-c3cc(NC(c4cccnc4)C4CCN(C(C)=O)CC4)cc4nccnc34)cc2C1. The molecule has 4 aromatic rings. The summed E-state index contributed by atoms with van der Waals surface area (Å²) in [5.74, 6) is 1.13. The molecule has 2 aliphatic rings. The minimum absolute atomic E-state index is 0.0776. The third-order valence-corrected chi connectivity index (χ3v) is 8.40. The Bertz CT molecular complexity index is 1510. The fourth-order valence-electron chi connectivity index (χ4n) is 6.12. The van der Waals surface area contributed by atoms with E-state index >= 15 is 0 Å². The molecule has 1 amide bonds. The van der Waals surface area contributed by atoms with Crippen molar-refractivity contribution in [1.82, 2.24) is 19.9 Å². The number of nitrogens with zero attached hydrogens (tertiary/aromatic N) is 4. The molecule has 6 nitrogen and oxygen atoms in total. The summed E-state index contributed by atoms with van der Waals surface area (Å²) < 4.78 is 0. The quantitative estimate of drug-likeness (QED) is 0.308. The van der Waals surface area contributed by atoms with Gasteiger partial charge in [-0.15, -0.1) is 0 Å². The zero-order valence-electron chi connectivity index (χ0n) is 22.7. The summed E-state index contributed by atoms with van der Waals surface area (Å²) in [6.07, 6.45) is 16.0. The lowest BCUT2D eigenvalue weighted by Gasteiger charge is -2.36. The number of pyridine rings is 1. The monoisotopic (exact) mass is 517 g/mol. The number of carbonyl (C=O) groups excluding carboxylic acids is 1. The summed E-state index contributed by atoms with van der Waals surface area (Å²) in [7, 11) is 0. The second kappa shape index (κ2) is 11.0. The van der Waals surface area contributed by atoms with Crippen LogP contribution < -0.4 is 5.32 Å². The second-order valence-corrected chi connectivity index (χ2v) is 10.8. The highest BCUT2D eigenvalue weighted by molar-refractivity contribution is 5.94. The summed E-state index contributed by atoms with van der Waals surface area (Å²) in [6, 6.07) is 15.3. The molecular formula is C33H35N5O. The number of allylic oxidation sites excluding steroid dienone is 1. The number of fused-ring (bicyclic) bond motifs is 2. The topological polar surface area (TPSA) is 71.0 Å². The maximum absolute atomic E-state index is 11.9. The zero-order chi connectivity index (χ0) is 26.8. The lowest BCUT2D eigenvalue weighted by molar-refractivity contribution is -0.130. The second-order valence-electron chi connectivity index (χ2n) is 10.8. The van der Waals surface area contributed by atoms with E-state index in [-0.39, 0.29) is 11.9 Å². The first-order valence-electron chi connectivity index (χ1n) is 14.1. The normalized spacial score (nSPS) is 18.1. The molecule has 2 atom stereocenters. The summed E-state index contributed by atoms with van der Waals surface area (Å²) in [5.41, 5.74) is 8.91. The van der Waals surface area contributed by atoms with Crippen LogP contribution >= 0.6 is 0 Å². The van der Waals surface area contributed by atoms with E-state index in [0.29, 0.717) is 11.8 Å². The highest BCUT2D eigenvalue weighted by Gasteiger charge is 2.29. The Kier molecular flexibility index (Phi) is 7.10. The molecule has 2 aromatic heterocycles. The molecule has 1 aliphatic carbocycles. The van der Waals surface area contributed by atoms with Crippen LogP contribution in [0.25, 0.3) is 28.2 Å². The van der Waals surface area contributed by atoms with E-state index in [9.17, 15) is 4.79 Å². The van der Waals surface area contributed by atoms with E-state index in [1.54, 1.807) is 19.3 Å². The van der Waals surface area contributed by atoms with Crippen LogP contribution in [0.5, 0.6) is 0 Å². The number of piperidine rings is 1. The summed E-state index contributed by atoms with van der Waals surface area (Å²) >= 11 is 0. The van der Waals surface area contributed by atoms with Gasteiger partial charge in [-0.3, -0.25) is 19.7 Å². The van der Waals surface area contributed by atoms with Gasteiger partial charge < -0.3 is 10.2 Å². The van der Waals surface area contributed by atoms with Gasteiger partial charge in [-0.1, -0.05) is 43.3 Å². The zero-order valence-corrected chi connectivity index (χ0v) is 22.7. The van der Waals surface area contributed by atoms with Crippen LogP contribution in [0.2, 0.25) is 0 Å². The fraction of sp³-hybridized carbons (Fsp3) is 0.333. The van der Waals surface area contributed by atoms with Gasteiger partial charge in [-0.25, -0.2) is 0 Å². The summed E-state index contributed by atoms with van der Waals surface area (Å²) in [4.78, 5) is 27.8. The Morgan fingerprint density at radius 1 is 1.08 bits per heavy atom. The van der Waals surface area contributed by atoms with Crippen molar-refractivity contribution in [3.63, 3.8) is 0 Å². The van der Waals surface area contributed by atoms with E-state index in [4.69, 9.17) is 9.97 Å². The molecule has 198 valence electrons. The van der Waals surface area contributed by atoms with Gasteiger partial charge >= 0.3 is 0 Å². The van der Waals surface area contributed by atoms with Gasteiger partial charge in [0.15, 0.2) is 0 Å². The van der Waals surface area contributed by atoms with Gasteiger partial charge in [0.05, 0.1) is 17.1 Å². The van der Waals surface area contributed by atoms with Crippen LogP contribution in [0.3, 0.4) is 0 Å². The number of amides is 1. The smallest absolute Gasteiger partial charge is 0.219 e. The number of hydrogen-bond acceptors (Lipinski definition) is 5. The number of nitrogens with one attached hydrogen (secondary N) is 1. The minimum atomic E-state index is 0.0776. The van der Waals surface area contributed by atoms with Crippen molar-refractivity contribution in [3.8, 4) is 11.1 Å². The van der Waals surface area contributed by atoms with Crippen LogP contribution in [-0.2, 0) is 11.2 Å². The Morgan fingerprint density at radius 2 is 1.92 bits per heavy atom. The third kappa shape index (κ3) is 5.29. The van der Waals surface area contributed by atoms with E-state index < -0.39 is 0 Å². The average Bonchev–Trinajstić information content (AvgIpc) is 2.99. The van der Waals surface area contributed by atoms with Crippen molar-refractivity contribution < 1.29 is 4.79 Å². The standard InChI is InChI=1S/C33H35N5O/c1-3-23-6-7-24-8-9-26(18-28(24)17-23)30-19-29(20-31-33(30)36-14-13-35-31)37-32(27-5-4-12-34-21-27)25-10-15-38(16-11-25)22(2)39/h4-9,12-14,18-21,23,25,32,37H,3,10-11,15-17H2,1-2H3. The van der Waals surface area contributed by atoms with Gasteiger partial charge in [0.25, 0.3) is 0 Å². The Hall–Kier alpha value is -4.06. The number of carbonyl (C=O) groups is 1. The molecule has 1 N–H and O–H groups in total. The first kappa shape index (κ1) is 25.2. The van der Waals surface area contributed by atoms with Crippen molar-refractivity contribution in [1.29, 1.82) is 0 Å². The van der Waals surface area contributed by atoms with E-state index in [1.165, 1.54) is 16.7 Å². The van der Waals surface area contributed by atoms with Crippen LogP contribution in [0.15, 0.2) is 73.3 Å².